The molecule has 3 aromatic rings. The second-order valence-corrected chi connectivity index (χ2v) is 7.22. The molecule has 8 heteroatoms. The molecule has 0 radical (unpaired) electrons. The molecule has 0 aliphatic carbocycles. The van der Waals surface area contributed by atoms with Gasteiger partial charge in [-0.05, 0) is 29.8 Å². The molecule has 0 unspecified atom stereocenters. The van der Waals surface area contributed by atoms with Gasteiger partial charge in [-0.1, -0.05) is 29.5 Å². The van der Waals surface area contributed by atoms with Gasteiger partial charge >= 0.3 is 0 Å². The van der Waals surface area contributed by atoms with Gasteiger partial charge in [0.15, 0.2) is 0 Å². The lowest BCUT2D eigenvalue weighted by molar-refractivity contribution is 0.414. The van der Waals surface area contributed by atoms with Gasteiger partial charge in [-0.15, -0.1) is 5.10 Å². The van der Waals surface area contributed by atoms with Crippen molar-refractivity contribution in [3.05, 3.63) is 54.1 Å². The smallest absolute Gasteiger partial charge is 0.213 e. The molecule has 0 saturated carbocycles. The van der Waals surface area contributed by atoms with Gasteiger partial charge in [0.1, 0.15) is 11.3 Å². The van der Waals surface area contributed by atoms with Crippen molar-refractivity contribution < 1.29 is 13.2 Å². The molecule has 0 bridgehead atoms. The molecule has 0 amide bonds. The fourth-order valence-electron chi connectivity index (χ4n) is 2.30. The molecule has 3 rings (SSSR count). The van der Waals surface area contributed by atoms with Gasteiger partial charge in [0.2, 0.25) is 10.0 Å². The second-order valence-electron chi connectivity index (χ2n) is 5.29. The van der Waals surface area contributed by atoms with Crippen LogP contribution in [0.4, 0.5) is 0 Å². The summed E-state index contributed by atoms with van der Waals surface area (Å²) in [5, 5.41) is 8.01. The van der Waals surface area contributed by atoms with Gasteiger partial charge in [0.25, 0.3) is 0 Å². The lowest BCUT2D eigenvalue weighted by atomic mass is 10.2. The molecule has 1 aromatic heterocycles. The van der Waals surface area contributed by atoms with Crippen molar-refractivity contribution in [1.82, 2.24) is 19.7 Å². The molecular formula is C16H18N4O3S. The Kier molecular flexibility index (Phi) is 4.77. The largest absolute Gasteiger partial charge is 0.497 e. The highest BCUT2D eigenvalue weighted by Gasteiger charge is 2.12. The van der Waals surface area contributed by atoms with E-state index >= 15 is 0 Å². The Labute approximate surface area is 140 Å². The summed E-state index contributed by atoms with van der Waals surface area (Å²) >= 11 is 0. The third-order valence-electron chi connectivity index (χ3n) is 3.65. The first-order valence-corrected chi connectivity index (χ1v) is 9.11. The van der Waals surface area contributed by atoms with Gasteiger partial charge < -0.3 is 4.74 Å². The summed E-state index contributed by atoms with van der Waals surface area (Å²) in [6.45, 7) is 0.489. The Morgan fingerprint density at radius 3 is 2.62 bits per heavy atom. The van der Waals surface area contributed by atoms with Gasteiger partial charge in [-0.2, -0.15) is 0 Å². The van der Waals surface area contributed by atoms with Crippen molar-refractivity contribution in [2.45, 2.75) is 13.1 Å². The number of nitrogens with one attached hydrogen (secondary N) is 1. The van der Waals surface area contributed by atoms with E-state index in [1.165, 1.54) is 0 Å². The predicted molar refractivity (Wildman–Crippen MR) is 91.1 cm³/mol. The molecule has 24 heavy (non-hydrogen) atoms. The average molecular weight is 346 g/mol. The summed E-state index contributed by atoms with van der Waals surface area (Å²) in [6, 6.07) is 14.7. The molecule has 0 aliphatic heterocycles. The number of nitrogens with zero attached hydrogens (tertiary/aromatic N) is 3. The number of ether oxygens (including phenoxy) is 1. The first kappa shape index (κ1) is 16.4. The van der Waals surface area contributed by atoms with Crippen molar-refractivity contribution in [2.75, 3.05) is 12.9 Å². The highest BCUT2D eigenvalue weighted by molar-refractivity contribution is 7.89. The highest BCUT2D eigenvalue weighted by atomic mass is 32.2. The molecule has 0 fully saturated rings. The molecule has 126 valence electrons. The number of methoxy groups -OCH3 is 1. The van der Waals surface area contributed by atoms with Gasteiger partial charge in [0.05, 0.1) is 24.9 Å². The summed E-state index contributed by atoms with van der Waals surface area (Å²) in [5.41, 5.74) is 2.44. The number of para-hydroxylation sites is 1. The van der Waals surface area contributed by atoms with Crippen molar-refractivity contribution in [1.29, 1.82) is 0 Å². The number of aromatic nitrogens is 3. The van der Waals surface area contributed by atoms with E-state index < -0.39 is 10.0 Å². The monoisotopic (exact) mass is 346 g/mol. The van der Waals surface area contributed by atoms with Gasteiger partial charge in [0, 0.05) is 6.54 Å². The minimum Gasteiger partial charge on any atom is -0.497 e. The Bertz CT molecular complexity index is 920. The number of benzene rings is 2. The maximum atomic E-state index is 12.2. The Morgan fingerprint density at radius 1 is 1.12 bits per heavy atom. The fourth-order valence-corrected chi connectivity index (χ4v) is 3.24. The Morgan fingerprint density at radius 2 is 1.88 bits per heavy atom. The van der Waals surface area contributed by atoms with Crippen LogP contribution in [0.1, 0.15) is 5.56 Å². The van der Waals surface area contributed by atoms with Crippen molar-refractivity contribution in [2.24, 2.45) is 0 Å². The van der Waals surface area contributed by atoms with Crippen LogP contribution in [0.15, 0.2) is 48.5 Å². The molecule has 0 spiro atoms. The van der Waals surface area contributed by atoms with E-state index in [2.05, 4.69) is 15.0 Å². The van der Waals surface area contributed by atoms with E-state index in [9.17, 15) is 8.42 Å². The summed E-state index contributed by atoms with van der Waals surface area (Å²) in [5.74, 6) is 0.677. The van der Waals surface area contributed by atoms with Crippen LogP contribution in [-0.2, 0) is 23.1 Å². The molecule has 2 aromatic carbocycles. The molecular weight excluding hydrogens is 328 g/mol. The van der Waals surface area contributed by atoms with Crippen LogP contribution in [0.5, 0.6) is 5.75 Å². The fraction of sp³-hybridized carbons (Fsp3) is 0.250. The predicted octanol–water partition coefficient (Wildman–Crippen LogP) is 1.56. The van der Waals surface area contributed by atoms with E-state index in [-0.39, 0.29) is 18.8 Å². The zero-order valence-electron chi connectivity index (χ0n) is 13.2. The number of rotatable bonds is 7. The van der Waals surface area contributed by atoms with Crippen LogP contribution in [0.25, 0.3) is 11.0 Å². The number of sulfonamides is 1. The number of hydrogen-bond acceptors (Lipinski definition) is 5. The van der Waals surface area contributed by atoms with Gasteiger partial charge in [-0.25, -0.2) is 17.8 Å². The minimum atomic E-state index is -3.41. The normalized spacial score (nSPS) is 11.7. The lowest BCUT2D eigenvalue weighted by Crippen LogP contribution is -2.28. The number of fused-ring (bicyclic) bond motifs is 1. The highest BCUT2D eigenvalue weighted by Crippen LogP contribution is 2.12. The first-order chi connectivity index (χ1) is 11.6. The van der Waals surface area contributed by atoms with Crippen LogP contribution in [-0.4, -0.2) is 36.3 Å². The van der Waals surface area contributed by atoms with Crippen LogP contribution < -0.4 is 9.46 Å². The van der Waals surface area contributed by atoms with E-state index in [1.807, 2.05) is 36.4 Å². The van der Waals surface area contributed by atoms with Crippen LogP contribution in [0.3, 0.4) is 0 Å². The second kappa shape index (κ2) is 6.98. The van der Waals surface area contributed by atoms with E-state index in [1.54, 1.807) is 23.9 Å². The SMILES string of the molecule is COc1ccc(CNS(=O)(=O)CCn2nnc3ccccc32)cc1. The third kappa shape index (κ3) is 3.90. The molecule has 0 atom stereocenters. The minimum absolute atomic E-state index is 0.0590. The number of aryl methyl sites for hydroxylation is 1. The summed E-state index contributed by atoms with van der Waals surface area (Å²) in [7, 11) is -1.82. The molecule has 1 N–H and O–H groups in total. The molecule has 7 nitrogen and oxygen atoms in total. The van der Waals surface area contributed by atoms with Crippen LogP contribution in [0.2, 0.25) is 0 Å². The average Bonchev–Trinajstić information content (AvgIpc) is 3.02. The third-order valence-corrected chi connectivity index (χ3v) is 4.95. The maximum absolute atomic E-state index is 12.2. The van der Waals surface area contributed by atoms with Crippen LogP contribution in [0, 0.1) is 0 Å². The zero-order valence-corrected chi connectivity index (χ0v) is 14.0. The molecule has 1 heterocycles. The summed E-state index contributed by atoms with van der Waals surface area (Å²) < 4.78 is 33.6. The van der Waals surface area contributed by atoms with Crippen molar-refractivity contribution in [3.8, 4) is 5.75 Å². The molecule has 0 aliphatic rings. The van der Waals surface area contributed by atoms with Crippen molar-refractivity contribution in [3.63, 3.8) is 0 Å². The number of hydrogen-bond donors (Lipinski definition) is 1. The Balaban J connectivity index is 1.59. The van der Waals surface area contributed by atoms with E-state index in [0.29, 0.717) is 0 Å². The van der Waals surface area contributed by atoms with E-state index in [4.69, 9.17) is 4.74 Å². The standard InChI is InChI=1S/C16H18N4O3S/c1-23-14-8-6-13(7-9-14)12-17-24(21,22)11-10-20-16-5-3-2-4-15(16)18-19-20/h2-9,17H,10-12H2,1H3. The van der Waals surface area contributed by atoms with Gasteiger partial charge in [-0.3, -0.25) is 0 Å². The Hall–Kier alpha value is -2.45. The first-order valence-electron chi connectivity index (χ1n) is 7.46. The van der Waals surface area contributed by atoms with Crippen molar-refractivity contribution >= 4 is 21.1 Å². The maximum Gasteiger partial charge on any atom is 0.213 e. The summed E-state index contributed by atoms with van der Waals surface area (Å²) in [6.07, 6.45) is 0. The lowest BCUT2D eigenvalue weighted by Gasteiger charge is -2.08. The van der Waals surface area contributed by atoms with E-state index in [0.717, 1.165) is 22.3 Å². The molecule has 0 saturated heterocycles. The quantitative estimate of drug-likeness (QED) is 0.702. The topological polar surface area (TPSA) is 86.1 Å². The zero-order chi connectivity index (χ0) is 17.0. The van der Waals surface area contributed by atoms with Crippen LogP contribution >= 0.6 is 0 Å². The summed E-state index contributed by atoms with van der Waals surface area (Å²) in [4.78, 5) is 0.